The lowest BCUT2D eigenvalue weighted by Crippen LogP contribution is -2.20. The van der Waals surface area contributed by atoms with Gasteiger partial charge in [-0.25, -0.2) is 0 Å². The molecule has 1 aromatic rings. The number of nitrogen functional groups attached to an aromatic ring is 1. The summed E-state index contributed by atoms with van der Waals surface area (Å²) in [6.07, 6.45) is 0. The average molecular weight is 382 g/mol. The van der Waals surface area contributed by atoms with Crippen molar-refractivity contribution in [2.45, 2.75) is 0 Å². The number of amides is 1. The number of carbonyl (C=O) groups is 1. The second kappa shape index (κ2) is 7.73. The van der Waals surface area contributed by atoms with Gasteiger partial charge >= 0.3 is 0 Å². The zero-order valence-electron chi connectivity index (χ0n) is 9.83. The fourth-order valence-corrected chi connectivity index (χ4v) is 2.57. The van der Waals surface area contributed by atoms with Crippen molar-refractivity contribution in [3.8, 4) is 0 Å². The van der Waals surface area contributed by atoms with Crippen molar-refractivity contribution in [2.24, 2.45) is 0 Å². The molecule has 18 heavy (non-hydrogen) atoms. The van der Waals surface area contributed by atoms with Gasteiger partial charge in [-0.15, -0.1) is 0 Å². The zero-order chi connectivity index (χ0) is 13.5. The van der Waals surface area contributed by atoms with Gasteiger partial charge in [0.15, 0.2) is 0 Å². The van der Waals surface area contributed by atoms with Gasteiger partial charge in [0.25, 0.3) is 0 Å². The van der Waals surface area contributed by atoms with Crippen LogP contribution in [-0.2, 0) is 14.3 Å². The normalized spacial score (nSPS) is 10.4. The lowest BCUT2D eigenvalue weighted by atomic mass is 10.2. The molecule has 0 saturated heterocycles. The summed E-state index contributed by atoms with van der Waals surface area (Å²) in [4.78, 5) is 11.6. The lowest BCUT2D eigenvalue weighted by molar-refractivity contribution is -0.121. The minimum atomic E-state index is -0.263. The van der Waals surface area contributed by atoms with Crippen LogP contribution in [0.25, 0.3) is 0 Å². The summed E-state index contributed by atoms with van der Waals surface area (Å²) in [6, 6.07) is 3.52. The molecule has 0 aromatic heterocycles. The first-order valence-corrected chi connectivity index (χ1v) is 6.74. The van der Waals surface area contributed by atoms with Gasteiger partial charge in [-0.2, -0.15) is 0 Å². The molecule has 0 radical (unpaired) electrons. The molecule has 1 amide bonds. The number of nitrogens with two attached hydrogens (primary N) is 1. The molecule has 5 nitrogen and oxygen atoms in total. The number of hydrogen-bond acceptors (Lipinski definition) is 4. The van der Waals surface area contributed by atoms with Crippen LogP contribution in [-0.4, -0.2) is 32.8 Å². The lowest BCUT2D eigenvalue weighted by Gasteiger charge is -2.11. The second-order valence-corrected chi connectivity index (χ2v) is 5.22. The van der Waals surface area contributed by atoms with Gasteiger partial charge in [0.2, 0.25) is 5.91 Å². The van der Waals surface area contributed by atoms with Crippen LogP contribution in [0.3, 0.4) is 0 Å². The maximum absolute atomic E-state index is 11.6. The molecule has 0 atom stereocenters. The molecule has 0 heterocycles. The van der Waals surface area contributed by atoms with E-state index in [-0.39, 0.29) is 12.5 Å². The van der Waals surface area contributed by atoms with E-state index in [9.17, 15) is 4.79 Å². The third-order valence-corrected chi connectivity index (χ3v) is 3.10. The number of hydrogen-bond donors (Lipinski definition) is 2. The average Bonchev–Trinajstić information content (AvgIpc) is 2.29. The number of benzene rings is 1. The highest BCUT2D eigenvalue weighted by Gasteiger charge is 2.10. The summed E-state index contributed by atoms with van der Waals surface area (Å²) in [5.41, 5.74) is 6.83. The second-order valence-electron chi connectivity index (χ2n) is 3.45. The molecule has 7 heteroatoms. The van der Waals surface area contributed by atoms with Gasteiger partial charge in [0.1, 0.15) is 6.61 Å². The number of halogens is 2. The summed E-state index contributed by atoms with van der Waals surface area (Å²) >= 11 is 6.65. The Morgan fingerprint density at radius 1 is 1.39 bits per heavy atom. The molecular formula is C11H14Br2N2O3. The first-order chi connectivity index (χ1) is 8.54. The van der Waals surface area contributed by atoms with E-state index in [4.69, 9.17) is 15.2 Å². The Labute approximate surface area is 122 Å². The molecule has 100 valence electrons. The van der Waals surface area contributed by atoms with Crippen LogP contribution in [0, 0.1) is 0 Å². The minimum Gasteiger partial charge on any atom is -0.397 e. The third-order valence-electron chi connectivity index (χ3n) is 2.01. The Bertz CT molecular complexity index is 404. The van der Waals surface area contributed by atoms with Crippen LogP contribution in [0.5, 0.6) is 0 Å². The Balaban J connectivity index is 2.54. The van der Waals surface area contributed by atoms with Crippen LogP contribution >= 0.6 is 31.9 Å². The van der Waals surface area contributed by atoms with Crippen molar-refractivity contribution >= 4 is 49.1 Å². The molecular weight excluding hydrogens is 368 g/mol. The molecule has 0 aliphatic rings. The van der Waals surface area contributed by atoms with Crippen molar-refractivity contribution in [1.82, 2.24) is 0 Å². The highest BCUT2D eigenvalue weighted by molar-refractivity contribution is 9.11. The van der Waals surface area contributed by atoms with Crippen LogP contribution < -0.4 is 11.1 Å². The van der Waals surface area contributed by atoms with E-state index >= 15 is 0 Å². The Hall–Kier alpha value is -0.630. The summed E-state index contributed by atoms with van der Waals surface area (Å²) in [6.45, 7) is 0.795. The van der Waals surface area contributed by atoms with Gasteiger partial charge < -0.3 is 20.5 Å². The fourth-order valence-electron chi connectivity index (χ4n) is 1.21. The Kier molecular flexibility index (Phi) is 6.62. The van der Waals surface area contributed by atoms with E-state index in [1.54, 1.807) is 19.2 Å². The predicted molar refractivity (Wildman–Crippen MR) is 77.6 cm³/mol. The summed E-state index contributed by atoms with van der Waals surface area (Å²) in [7, 11) is 1.57. The van der Waals surface area contributed by atoms with E-state index in [2.05, 4.69) is 37.2 Å². The summed E-state index contributed by atoms with van der Waals surface area (Å²) < 4.78 is 11.5. The molecule has 3 N–H and O–H groups in total. The van der Waals surface area contributed by atoms with E-state index in [0.29, 0.717) is 29.1 Å². The standard InChI is InChI=1S/C11H14Br2N2O3/c1-17-2-3-18-6-10(16)15-11-8(13)4-7(12)5-9(11)14/h4-5H,2-3,6,14H2,1H3,(H,15,16). The van der Waals surface area contributed by atoms with Crippen molar-refractivity contribution in [2.75, 3.05) is 38.0 Å². The topological polar surface area (TPSA) is 73.6 Å². The quantitative estimate of drug-likeness (QED) is 0.586. The van der Waals surface area contributed by atoms with Gasteiger partial charge in [0.05, 0.1) is 24.6 Å². The van der Waals surface area contributed by atoms with Crippen LogP contribution in [0.2, 0.25) is 0 Å². The summed E-state index contributed by atoms with van der Waals surface area (Å²) in [5, 5.41) is 2.69. The zero-order valence-corrected chi connectivity index (χ0v) is 13.0. The third kappa shape index (κ3) is 4.93. The highest BCUT2D eigenvalue weighted by Crippen LogP contribution is 2.32. The van der Waals surface area contributed by atoms with Gasteiger partial charge in [0, 0.05) is 16.1 Å². The van der Waals surface area contributed by atoms with Gasteiger partial charge in [-0.05, 0) is 28.1 Å². The van der Waals surface area contributed by atoms with Crippen molar-refractivity contribution in [3.63, 3.8) is 0 Å². The van der Waals surface area contributed by atoms with Crippen LogP contribution in [0.15, 0.2) is 21.1 Å². The molecule has 0 aliphatic heterocycles. The Morgan fingerprint density at radius 2 is 2.11 bits per heavy atom. The number of nitrogens with one attached hydrogen (secondary N) is 1. The van der Waals surface area contributed by atoms with Crippen molar-refractivity contribution in [3.05, 3.63) is 21.1 Å². The molecule has 0 fully saturated rings. The van der Waals surface area contributed by atoms with Crippen molar-refractivity contribution < 1.29 is 14.3 Å². The SMILES string of the molecule is COCCOCC(=O)Nc1c(N)cc(Br)cc1Br. The van der Waals surface area contributed by atoms with E-state index in [1.807, 2.05) is 0 Å². The molecule has 0 saturated carbocycles. The first kappa shape index (κ1) is 15.4. The molecule has 0 bridgehead atoms. The molecule has 1 rings (SSSR count). The van der Waals surface area contributed by atoms with E-state index < -0.39 is 0 Å². The van der Waals surface area contributed by atoms with Gasteiger partial charge in [-0.3, -0.25) is 4.79 Å². The van der Waals surface area contributed by atoms with Gasteiger partial charge in [-0.1, -0.05) is 15.9 Å². The predicted octanol–water partition coefficient (Wildman–Crippen LogP) is 2.40. The highest BCUT2D eigenvalue weighted by atomic mass is 79.9. The maximum Gasteiger partial charge on any atom is 0.250 e. The monoisotopic (exact) mass is 380 g/mol. The number of rotatable bonds is 6. The summed E-state index contributed by atoms with van der Waals surface area (Å²) in [5.74, 6) is -0.263. The number of ether oxygens (including phenoxy) is 2. The molecule has 0 spiro atoms. The number of anilines is 2. The van der Waals surface area contributed by atoms with E-state index in [0.717, 1.165) is 4.47 Å². The fraction of sp³-hybridized carbons (Fsp3) is 0.364. The minimum absolute atomic E-state index is 0.0364. The van der Waals surface area contributed by atoms with Crippen molar-refractivity contribution in [1.29, 1.82) is 0 Å². The van der Waals surface area contributed by atoms with Crippen LogP contribution in [0.4, 0.5) is 11.4 Å². The number of carbonyl (C=O) groups excluding carboxylic acids is 1. The molecule has 0 aliphatic carbocycles. The smallest absolute Gasteiger partial charge is 0.250 e. The molecule has 0 unspecified atom stereocenters. The largest absolute Gasteiger partial charge is 0.397 e. The van der Waals surface area contributed by atoms with E-state index in [1.165, 1.54) is 0 Å². The van der Waals surface area contributed by atoms with Crippen LogP contribution in [0.1, 0.15) is 0 Å². The maximum atomic E-state index is 11.6. The number of methoxy groups -OCH3 is 1. The molecule has 1 aromatic carbocycles. The Morgan fingerprint density at radius 3 is 2.72 bits per heavy atom. The first-order valence-electron chi connectivity index (χ1n) is 5.15.